The number of hydrogen-bond acceptors (Lipinski definition) is 4. The lowest BCUT2D eigenvalue weighted by Crippen LogP contribution is -2.56. The van der Waals surface area contributed by atoms with E-state index in [2.05, 4.69) is 4.90 Å². The highest BCUT2D eigenvalue weighted by atomic mass is 19.4. The monoisotopic (exact) mass is 370 g/mol. The smallest absolute Gasteiger partial charge is 0.369 e. The number of anilines is 1. The maximum atomic E-state index is 12.9. The standard InChI is InChI=1S/C18H25F3N4O/c19-18(20,21)14-3-1-4-15(11-14)23-7-9-24(10-8-23)16-5-2-6-25(13-16)17(26)12-22/h1,3-4,11,16H,2,5-10,12-13,22H2/t16-/m0/s1. The maximum Gasteiger partial charge on any atom is 0.416 e. The Bertz CT molecular complexity index is 629. The number of nitrogens with two attached hydrogens (primary N) is 1. The molecule has 0 radical (unpaired) electrons. The molecule has 2 heterocycles. The van der Waals surface area contributed by atoms with Crippen LogP contribution in [0.3, 0.4) is 0 Å². The van der Waals surface area contributed by atoms with Crippen molar-refractivity contribution in [2.45, 2.75) is 25.1 Å². The van der Waals surface area contributed by atoms with Gasteiger partial charge < -0.3 is 15.5 Å². The summed E-state index contributed by atoms with van der Waals surface area (Å²) in [7, 11) is 0. The van der Waals surface area contributed by atoms with E-state index >= 15 is 0 Å². The quantitative estimate of drug-likeness (QED) is 0.881. The van der Waals surface area contributed by atoms with Gasteiger partial charge in [0.1, 0.15) is 0 Å². The second kappa shape index (κ2) is 7.84. The Morgan fingerprint density at radius 3 is 2.54 bits per heavy atom. The number of alkyl halides is 3. The largest absolute Gasteiger partial charge is 0.416 e. The predicted molar refractivity (Wildman–Crippen MR) is 93.9 cm³/mol. The molecule has 8 heteroatoms. The molecular weight excluding hydrogens is 345 g/mol. The lowest BCUT2D eigenvalue weighted by Gasteiger charge is -2.44. The summed E-state index contributed by atoms with van der Waals surface area (Å²) in [4.78, 5) is 18.0. The molecule has 1 atom stereocenters. The Morgan fingerprint density at radius 2 is 1.88 bits per heavy atom. The number of piperazine rings is 1. The van der Waals surface area contributed by atoms with Crippen LogP contribution in [0.2, 0.25) is 0 Å². The Hall–Kier alpha value is -1.80. The molecule has 5 nitrogen and oxygen atoms in total. The molecule has 2 saturated heterocycles. The van der Waals surface area contributed by atoms with Crippen LogP contribution in [-0.2, 0) is 11.0 Å². The molecule has 0 aromatic heterocycles. The Morgan fingerprint density at radius 1 is 1.15 bits per heavy atom. The molecule has 0 saturated carbocycles. The molecule has 0 spiro atoms. The number of carbonyl (C=O) groups excluding carboxylic acids is 1. The summed E-state index contributed by atoms with van der Waals surface area (Å²) in [6, 6.07) is 5.82. The molecule has 26 heavy (non-hydrogen) atoms. The van der Waals surface area contributed by atoms with Gasteiger partial charge in [0.2, 0.25) is 5.91 Å². The molecule has 1 aromatic carbocycles. The van der Waals surface area contributed by atoms with Crippen LogP contribution in [0.5, 0.6) is 0 Å². The van der Waals surface area contributed by atoms with Gasteiger partial charge >= 0.3 is 6.18 Å². The molecule has 1 aromatic rings. The Labute approximate surface area is 151 Å². The lowest BCUT2D eigenvalue weighted by molar-refractivity contribution is -0.137. The van der Waals surface area contributed by atoms with E-state index in [9.17, 15) is 18.0 Å². The minimum absolute atomic E-state index is 0.0164. The van der Waals surface area contributed by atoms with Crippen molar-refractivity contribution in [3.05, 3.63) is 29.8 Å². The zero-order valence-electron chi connectivity index (χ0n) is 14.7. The second-order valence-electron chi connectivity index (χ2n) is 6.91. The molecule has 3 rings (SSSR count). The lowest BCUT2D eigenvalue weighted by atomic mass is 10.0. The number of carbonyl (C=O) groups is 1. The third-order valence-electron chi connectivity index (χ3n) is 5.29. The minimum Gasteiger partial charge on any atom is -0.369 e. The first-order chi connectivity index (χ1) is 12.4. The summed E-state index contributed by atoms with van der Waals surface area (Å²) >= 11 is 0. The number of hydrogen-bond donors (Lipinski definition) is 1. The number of nitrogens with zero attached hydrogens (tertiary/aromatic N) is 3. The van der Waals surface area contributed by atoms with E-state index in [4.69, 9.17) is 5.73 Å². The highest BCUT2D eigenvalue weighted by Gasteiger charge is 2.32. The van der Waals surface area contributed by atoms with Gasteiger partial charge in [0.15, 0.2) is 0 Å². The van der Waals surface area contributed by atoms with Crippen molar-refractivity contribution in [1.29, 1.82) is 0 Å². The summed E-state index contributed by atoms with van der Waals surface area (Å²) in [5.41, 5.74) is 5.46. The van der Waals surface area contributed by atoms with Crippen LogP contribution in [0.4, 0.5) is 18.9 Å². The van der Waals surface area contributed by atoms with E-state index in [1.807, 2.05) is 9.80 Å². The summed E-state index contributed by atoms with van der Waals surface area (Å²) in [6.45, 7) is 4.43. The summed E-state index contributed by atoms with van der Waals surface area (Å²) in [6.07, 6.45) is -2.32. The first kappa shape index (κ1) is 19.0. The average Bonchev–Trinajstić information content (AvgIpc) is 2.67. The topological polar surface area (TPSA) is 52.8 Å². The minimum atomic E-state index is -4.32. The van der Waals surface area contributed by atoms with Crippen LogP contribution in [-0.4, -0.2) is 67.6 Å². The van der Waals surface area contributed by atoms with Crippen LogP contribution in [0.25, 0.3) is 0 Å². The molecule has 2 aliphatic rings. The van der Waals surface area contributed by atoms with Gasteiger partial charge in [-0.15, -0.1) is 0 Å². The molecular formula is C18H25F3N4O. The first-order valence-electron chi connectivity index (χ1n) is 9.02. The highest BCUT2D eigenvalue weighted by Crippen LogP contribution is 2.32. The number of amides is 1. The van der Waals surface area contributed by atoms with E-state index in [1.165, 1.54) is 12.1 Å². The van der Waals surface area contributed by atoms with Crippen molar-refractivity contribution in [3.63, 3.8) is 0 Å². The van der Waals surface area contributed by atoms with E-state index in [0.717, 1.165) is 38.5 Å². The predicted octanol–water partition coefficient (Wildman–Crippen LogP) is 1.78. The molecule has 0 unspecified atom stereocenters. The molecule has 2 fully saturated rings. The third kappa shape index (κ3) is 4.29. The third-order valence-corrected chi connectivity index (χ3v) is 5.29. The fourth-order valence-electron chi connectivity index (χ4n) is 3.83. The summed E-state index contributed by atoms with van der Waals surface area (Å²) in [5.74, 6) is -0.0164. The van der Waals surface area contributed by atoms with Crippen LogP contribution in [0, 0.1) is 0 Å². The van der Waals surface area contributed by atoms with Gasteiger partial charge in [0, 0.05) is 51.0 Å². The van der Waals surface area contributed by atoms with Crippen molar-refractivity contribution in [2.75, 3.05) is 50.7 Å². The van der Waals surface area contributed by atoms with Gasteiger partial charge in [-0.3, -0.25) is 9.69 Å². The van der Waals surface area contributed by atoms with Crippen molar-refractivity contribution >= 4 is 11.6 Å². The first-order valence-corrected chi connectivity index (χ1v) is 9.02. The second-order valence-corrected chi connectivity index (χ2v) is 6.91. The number of rotatable bonds is 3. The summed E-state index contributed by atoms with van der Waals surface area (Å²) in [5, 5.41) is 0. The number of benzene rings is 1. The van der Waals surface area contributed by atoms with Crippen LogP contribution in [0.1, 0.15) is 18.4 Å². The van der Waals surface area contributed by atoms with Crippen molar-refractivity contribution < 1.29 is 18.0 Å². The van der Waals surface area contributed by atoms with Crippen LogP contribution < -0.4 is 10.6 Å². The van der Waals surface area contributed by atoms with Crippen molar-refractivity contribution in [3.8, 4) is 0 Å². The summed E-state index contributed by atoms with van der Waals surface area (Å²) < 4.78 is 38.7. The number of piperidine rings is 1. The zero-order valence-corrected chi connectivity index (χ0v) is 14.7. The van der Waals surface area contributed by atoms with Gasteiger partial charge in [0.05, 0.1) is 12.1 Å². The van der Waals surface area contributed by atoms with Crippen molar-refractivity contribution in [1.82, 2.24) is 9.80 Å². The van der Waals surface area contributed by atoms with E-state index < -0.39 is 11.7 Å². The van der Waals surface area contributed by atoms with E-state index in [-0.39, 0.29) is 12.5 Å². The molecule has 144 valence electrons. The average molecular weight is 370 g/mol. The van der Waals surface area contributed by atoms with Gasteiger partial charge in [-0.2, -0.15) is 13.2 Å². The van der Waals surface area contributed by atoms with Crippen LogP contribution in [0.15, 0.2) is 24.3 Å². The maximum absolute atomic E-state index is 12.9. The molecule has 0 aliphatic carbocycles. The molecule has 2 aliphatic heterocycles. The van der Waals surface area contributed by atoms with Gasteiger partial charge in [-0.1, -0.05) is 6.07 Å². The van der Waals surface area contributed by atoms with E-state index in [1.54, 1.807) is 6.07 Å². The molecule has 0 bridgehead atoms. The SMILES string of the molecule is NCC(=O)N1CCC[C@H](N2CCN(c3cccc(C(F)(F)F)c3)CC2)C1. The Balaban J connectivity index is 1.58. The van der Waals surface area contributed by atoms with Gasteiger partial charge in [0.25, 0.3) is 0 Å². The zero-order chi connectivity index (χ0) is 18.7. The van der Waals surface area contributed by atoms with Gasteiger partial charge in [-0.05, 0) is 31.0 Å². The fourth-order valence-corrected chi connectivity index (χ4v) is 3.83. The highest BCUT2D eigenvalue weighted by molar-refractivity contribution is 5.78. The van der Waals surface area contributed by atoms with Crippen LogP contribution >= 0.6 is 0 Å². The van der Waals surface area contributed by atoms with E-state index in [0.29, 0.717) is 31.4 Å². The fraction of sp³-hybridized carbons (Fsp3) is 0.611. The van der Waals surface area contributed by atoms with Crippen molar-refractivity contribution in [2.24, 2.45) is 5.73 Å². The molecule has 1 amide bonds. The number of likely N-dealkylation sites (tertiary alicyclic amines) is 1. The normalized spacial score (nSPS) is 22.5. The Kier molecular flexibility index (Phi) is 5.72. The molecule has 2 N–H and O–H groups in total. The number of halogens is 3. The van der Waals surface area contributed by atoms with Gasteiger partial charge in [-0.25, -0.2) is 0 Å².